The molecule has 0 bridgehead atoms. The van der Waals surface area contributed by atoms with Crippen molar-refractivity contribution in [3.05, 3.63) is 47.2 Å². The number of hydrogen-bond acceptors (Lipinski definition) is 5. The maximum atomic E-state index is 13.1. The summed E-state index contributed by atoms with van der Waals surface area (Å²) in [7, 11) is 0. The Morgan fingerprint density at radius 3 is 2.71 bits per heavy atom. The smallest absolute Gasteiger partial charge is 0.380 e. The van der Waals surface area contributed by atoms with E-state index in [9.17, 15) is 18.0 Å². The van der Waals surface area contributed by atoms with Gasteiger partial charge in [0, 0.05) is 36.6 Å². The molecule has 31 heavy (non-hydrogen) atoms. The number of fused-ring (bicyclic) bond motifs is 1. The van der Waals surface area contributed by atoms with Crippen molar-refractivity contribution in [2.75, 3.05) is 31.6 Å². The minimum atomic E-state index is -4.48. The lowest BCUT2D eigenvalue weighted by Crippen LogP contribution is -2.33. The summed E-state index contributed by atoms with van der Waals surface area (Å²) in [5.74, 6) is -0.143. The number of rotatable bonds is 4. The van der Waals surface area contributed by atoms with Crippen LogP contribution in [0, 0.1) is 0 Å². The Kier molecular flexibility index (Phi) is 6.01. The summed E-state index contributed by atoms with van der Waals surface area (Å²) >= 11 is 5.88. The molecule has 3 aromatic rings. The van der Waals surface area contributed by atoms with E-state index < -0.39 is 12.7 Å². The normalized spacial score (nSPS) is 15.2. The van der Waals surface area contributed by atoms with Gasteiger partial charge in [0.05, 0.1) is 17.5 Å². The molecule has 1 fully saturated rings. The highest BCUT2D eigenvalue weighted by molar-refractivity contribution is 6.30. The van der Waals surface area contributed by atoms with Gasteiger partial charge < -0.3 is 15.0 Å². The Bertz CT molecular complexity index is 1080. The number of ether oxygens (including phenoxy) is 1. The number of aromatic nitrogens is 3. The maximum absolute atomic E-state index is 13.1. The number of benzene rings is 1. The third-order valence-electron chi connectivity index (χ3n) is 4.80. The van der Waals surface area contributed by atoms with Gasteiger partial charge in [-0.3, -0.25) is 14.5 Å². The Morgan fingerprint density at radius 2 is 1.97 bits per heavy atom. The van der Waals surface area contributed by atoms with Crippen LogP contribution >= 0.6 is 11.6 Å². The number of alkyl halides is 3. The van der Waals surface area contributed by atoms with Gasteiger partial charge in [0.2, 0.25) is 0 Å². The Labute approximate surface area is 180 Å². The number of pyridine rings is 1. The molecular weight excluding hydrogens is 435 g/mol. The predicted molar refractivity (Wildman–Crippen MR) is 110 cm³/mol. The molecule has 0 unspecified atom stereocenters. The van der Waals surface area contributed by atoms with Gasteiger partial charge in [0.15, 0.2) is 5.82 Å². The van der Waals surface area contributed by atoms with E-state index in [0.717, 1.165) is 4.68 Å². The summed E-state index contributed by atoms with van der Waals surface area (Å²) in [6.45, 7) is 0.595. The van der Waals surface area contributed by atoms with Crippen LogP contribution < -0.4 is 5.32 Å². The maximum Gasteiger partial charge on any atom is 0.408 e. The van der Waals surface area contributed by atoms with Gasteiger partial charge in [-0.1, -0.05) is 11.6 Å². The largest absolute Gasteiger partial charge is 0.408 e. The zero-order valence-corrected chi connectivity index (χ0v) is 17.1. The van der Waals surface area contributed by atoms with Crippen molar-refractivity contribution in [3.63, 3.8) is 0 Å². The molecule has 1 saturated heterocycles. The van der Waals surface area contributed by atoms with Crippen molar-refractivity contribution < 1.29 is 22.7 Å². The molecule has 0 saturated carbocycles. The molecule has 1 N–H and O–H groups in total. The number of carbonyl (C=O) groups excluding carboxylic acids is 1. The number of carbonyl (C=O) groups is 1. The number of nitrogens with zero attached hydrogens (tertiary/aromatic N) is 4. The van der Waals surface area contributed by atoms with Crippen LogP contribution in [-0.4, -0.2) is 58.1 Å². The van der Waals surface area contributed by atoms with E-state index in [1.54, 1.807) is 29.2 Å². The third-order valence-corrected chi connectivity index (χ3v) is 5.05. The van der Waals surface area contributed by atoms with Gasteiger partial charge in [0.1, 0.15) is 12.2 Å². The number of halogens is 4. The predicted octanol–water partition coefficient (Wildman–Crippen LogP) is 4.25. The van der Waals surface area contributed by atoms with Gasteiger partial charge in [0.25, 0.3) is 5.91 Å². The minimum Gasteiger partial charge on any atom is -0.380 e. The lowest BCUT2D eigenvalue weighted by atomic mass is 10.2. The second kappa shape index (κ2) is 8.72. The molecule has 1 aliphatic rings. The highest BCUT2D eigenvalue weighted by Crippen LogP contribution is 2.29. The van der Waals surface area contributed by atoms with Crippen LogP contribution in [0.4, 0.5) is 24.7 Å². The van der Waals surface area contributed by atoms with Crippen molar-refractivity contribution in [1.29, 1.82) is 0 Å². The Balaban J connectivity index is 1.71. The molecule has 7 nitrogen and oxygen atoms in total. The first-order chi connectivity index (χ1) is 14.8. The summed E-state index contributed by atoms with van der Waals surface area (Å²) in [5.41, 5.74) is 0.835. The van der Waals surface area contributed by atoms with E-state index in [1.165, 1.54) is 12.3 Å². The van der Waals surface area contributed by atoms with E-state index in [4.69, 9.17) is 16.3 Å². The van der Waals surface area contributed by atoms with Crippen LogP contribution in [-0.2, 0) is 11.3 Å². The summed E-state index contributed by atoms with van der Waals surface area (Å²) in [6.07, 6.45) is -2.42. The molecule has 2 aromatic heterocycles. The van der Waals surface area contributed by atoms with E-state index in [2.05, 4.69) is 15.4 Å². The van der Waals surface area contributed by atoms with Crippen LogP contribution in [0.5, 0.6) is 0 Å². The monoisotopic (exact) mass is 453 g/mol. The van der Waals surface area contributed by atoms with Gasteiger partial charge in [-0.15, -0.1) is 0 Å². The molecule has 0 spiro atoms. The average molecular weight is 454 g/mol. The Morgan fingerprint density at radius 1 is 1.19 bits per heavy atom. The zero-order chi connectivity index (χ0) is 22.0. The van der Waals surface area contributed by atoms with Crippen LogP contribution in [0.1, 0.15) is 16.9 Å². The van der Waals surface area contributed by atoms with Crippen molar-refractivity contribution in [2.24, 2.45) is 0 Å². The van der Waals surface area contributed by atoms with Crippen LogP contribution in [0.2, 0.25) is 5.02 Å². The lowest BCUT2D eigenvalue weighted by Gasteiger charge is -2.19. The molecule has 4 rings (SSSR count). The fourth-order valence-corrected chi connectivity index (χ4v) is 3.48. The second-order valence-electron chi connectivity index (χ2n) is 7.10. The highest BCUT2D eigenvalue weighted by Gasteiger charge is 2.30. The standard InChI is InChI=1S/C20H19ClF3N5O2/c21-13-2-4-14(5-3-13)26-18-15-11-25-16(19(30)28-6-1-8-31-9-7-28)10-17(15)29(27-18)12-20(22,23)24/h2-5,10-11H,1,6-9,12H2,(H,26,27). The Hall–Kier alpha value is -2.85. The van der Waals surface area contributed by atoms with Gasteiger partial charge >= 0.3 is 6.18 Å². The molecule has 164 valence electrons. The molecule has 1 aliphatic heterocycles. The summed E-state index contributed by atoms with van der Waals surface area (Å²) in [6, 6.07) is 8.03. The third kappa shape index (κ3) is 5.08. The van der Waals surface area contributed by atoms with E-state index in [-0.39, 0.29) is 22.9 Å². The van der Waals surface area contributed by atoms with E-state index in [0.29, 0.717) is 48.8 Å². The van der Waals surface area contributed by atoms with Gasteiger partial charge in [-0.2, -0.15) is 18.3 Å². The molecule has 0 aliphatic carbocycles. The SMILES string of the molecule is O=C(c1cc2c(cn1)c(Nc1ccc(Cl)cc1)nn2CC(F)(F)F)N1CCCOCC1. The number of hydrogen-bond donors (Lipinski definition) is 1. The number of anilines is 2. The van der Waals surface area contributed by atoms with Crippen molar-refractivity contribution in [1.82, 2.24) is 19.7 Å². The van der Waals surface area contributed by atoms with Crippen molar-refractivity contribution in [3.8, 4) is 0 Å². The molecule has 3 heterocycles. The van der Waals surface area contributed by atoms with Gasteiger partial charge in [-0.05, 0) is 36.8 Å². The lowest BCUT2D eigenvalue weighted by molar-refractivity contribution is -0.141. The molecule has 0 radical (unpaired) electrons. The molecule has 1 aromatic carbocycles. The zero-order valence-electron chi connectivity index (χ0n) is 16.3. The van der Waals surface area contributed by atoms with Crippen LogP contribution in [0.3, 0.4) is 0 Å². The van der Waals surface area contributed by atoms with Crippen LogP contribution in [0.15, 0.2) is 36.5 Å². The number of amides is 1. The van der Waals surface area contributed by atoms with Crippen molar-refractivity contribution >= 4 is 39.9 Å². The first-order valence-corrected chi connectivity index (χ1v) is 10.0. The quantitative estimate of drug-likeness (QED) is 0.639. The topological polar surface area (TPSA) is 72.3 Å². The first kappa shape index (κ1) is 21.4. The molecule has 0 atom stereocenters. The fourth-order valence-electron chi connectivity index (χ4n) is 3.35. The van der Waals surface area contributed by atoms with Gasteiger partial charge in [-0.25, -0.2) is 0 Å². The summed E-state index contributed by atoms with van der Waals surface area (Å²) < 4.78 is 45.6. The fraction of sp³-hybridized carbons (Fsp3) is 0.350. The highest BCUT2D eigenvalue weighted by atomic mass is 35.5. The molecular formula is C20H19ClF3N5O2. The van der Waals surface area contributed by atoms with E-state index >= 15 is 0 Å². The van der Waals surface area contributed by atoms with Crippen molar-refractivity contribution in [2.45, 2.75) is 19.1 Å². The van der Waals surface area contributed by atoms with E-state index in [1.807, 2.05) is 0 Å². The summed E-state index contributed by atoms with van der Waals surface area (Å²) in [5, 5.41) is 7.98. The first-order valence-electron chi connectivity index (χ1n) is 9.63. The van der Waals surface area contributed by atoms with Crippen LogP contribution in [0.25, 0.3) is 10.9 Å². The number of nitrogens with one attached hydrogen (secondary N) is 1. The average Bonchev–Trinajstić information content (AvgIpc) is 2.90. The summed E-state index contributed by atoms with van der Waals surface area (Å²) in [4.78, 5) is 18.7. The minimum absolute atomic E-state index is 0.0655. The molecule has 1 amide bonds. The second-order valence-corrected chi connectivity index (χ2v) is 7.53. The molecule has 11 heteroatoms.